The fraction of sp³-hybridized carbons (Fsp3) is 0.500. The molecule has 3 rings (SSSR count). The number of hydrogen-bond donors (Lipinski definition) is 1. The van der Waals surface area contributed by atoms with Crippen LogP contribution in [0.4, 0.5) is 19.0 Å². The van der Waals surface area contributed by atoms with Crippen molar-refractivity contribution in [1.82, 2.24) is 19.6 Å². The van der Waals surface area contributed by atoms with E-state index >= 15 is 0 Å². The molecule has 0 saturated heterocycles. The van der Waals surface area contributed by atoms with Gasteiger partial charge in [0.2, 0.25) is 0 Å². The third-order valence-electron chi connectivity index (χ3n) is 3.55. The van der Waals surface area contributed by atoms with Crippen molar-refractivity contribution in [3.8, 4) is 0 Å². The molecule has 0 fully saturated rings. The summed E-state index contributed by atoms with van der Waals surface area (Å²) in [5, 5.41) is 11.1. The number of aromatic nitrogens is 4. The van der Waals surface area contributed by atoms with Gasteiger partial charge in [0.15, 0.2) is 6.04 Å². The van der Waals surface area contributed by atoms with Crippen molar-refractivity contribution in [3.05, 3.63) is 29.7 Å². The van der Waals surface area contributed by atoms with E-state index in [0.717, 1.165) is 15.9 Å². The first-order chi connectivity index (χ1) is 9.36. The highest BCUT2D eigenvalue weighted by atomic mass is 19.4. The van der Waals surface area contributed by atoms with Gasteiger partial charge in [-0.15, -0.1) is 0 Å². The van der Waals surface area contributed by atoms with Crippen LogP contribution < -0.4 is 5.32 Å². The van der Waals surface area contributed by atoms with Crippen LogP contribution in [0.2, 0.25) is 0 Å². The molecular formula is C12H14F3N5. The van der Waals surface area contributed by atoms with Crippen molar-refractivity contribution in [2.24, 2.45) is 7.05 Å². The smallest absolute Gasteiger partial charge is 0.363 e. The number of halogens is 3. The molecule has 0 aliphatic carbocycles. The normalized spacial score (nSPS) is 22.4. The van der Waals surface area contributed by atoms with Gasteiger partial charge >= 0.3 is 6.18 Å². The molecule has 1 aliphatic rings. The molecule has 1 aliphatic heterocycles. The fourth-order valence-corrected chi connectivity index (χ4v) is 2.67. The molecule has 0 bridgehead atoms. The molecule has 0 amide bonds. The third kappa shape index (κ3) is 2.04. The Morgan fingerprint density at radius 1 is 1.40 bits per heavy atom. The van der Waals surface area contributed by atoms with Crippen molar-refractivity contribution in [3.63, 3.8) is 0 Å². The summed E-state index contributed by atoms with van der Waals surface area (Å²) in [4.78, 5) is 0. The highest BCUT2D eigenvalue weighted by molar-refractivity contribution is 5.42. The zero-order chi connectivity index (χ0) is 14.5. The Bertz CT molecular complexity index is 627. The van der Waals surface area contributed by atoms with E-state index in [2.05, 4.69) is 15.5 Å². The van der Waals surface area contributed by atoms with Crippen molar-refractivity contribution in [2.45, 2.75) is 31.6 Å². The summed E-state index contributed by atoms with van der Waals surface area (Å²) in [5.74, 6) is 0.381. The minimum Gasteiger partial charge on any atom is -0.363 e. The van der Waals surface area contributed by atoms with Crippen molar-refractivity contribution < 1.29 is 13.2 Å². The fourth-order valence-electron chi connectivity index (χ4n) is 2.67. The minimum absolute atomic E-state index is 0.0925. The van der Waals surface area contributed by atoms with Crippen LogP contribution in [0.25, 0.3) is 0 Å². The molecule has 0 saturated carbocycles. The van der Waals surface area contributed by atoms with Gasteiger partial charge < -0.3 is 5.32 Å². The quantitative estimate of drug-likeness (QED) is 0.876. The summed E-state index contributed by atoms with van der Waals surface area (Å²) in [6.07, 6.45) is -1.28. The second kappa shape index (κ2) is 4.26. The predicted molar refractivity (Wildman–Crippen MR) is 66.2 cm³/mol. The number of anilines is 1. The molecule has 0 radical (unpaired) electrons. The summed E-state index contributed by atoms with van der Waals surface area (Å²) in [6.45, 7) is 1.80. The zero-order valence-corrected chi connectivity index (χ0v) is 11.0. The van der Waals surface area contributed by atoms with Crippen LogP contribution in [0.1, 0.15) is 29.8 Å². The summed E-state index contributed by atoms with van der Waals surface area (Å²) >= 11 is 0. The lowest BCUT2D eigenvalue weighted by Gasteiger charge is -2.33. The maximum absolute atomic E-state index is 13.2. The number of hydrogen-bond acceptors (Lipinski definition) is 3. The third-order valence-corrected chi connectivity index (χ3v) is 3.55. The largest absolute Gasteiger partial charge is 0.410 e. The van der Waals surface area contributed by atoms with E-state index in [1.165, 1.54) is 6.20 Å². The van der Waals surface area contributed by atoms with Gasteiger partial charge in [-0.3, -0.25) is 4.68 Å². The Balaban J connectivity index is 2.00. The zero-order valence-electron chi connectivity index (χ0n) is 11.0. The van der Waals surface area contributed by atoms with Gasteiger partial charge in [0.25, 0.3) is 0 Å². The Hall–Kier alpha value is -1.99. The highest BCUT2D eigenvalue weighted by Crippen LogP contribution is 2.43. The van der Waals surface area contributed by atoms with Gasteiger partial charge in [0.1, 0.15) is 5.82 Å². The maximum atomic E-state index is 13.2. The standard InChI is InChI=1S/C12H14F3N5/c1-7-8(6-19(2)18-7)9-5-10(12(13,14)15)20-11(17-9)3-4-16-20/h3-4,6,9-10,17H,5H2,1-2H3/t9-,10-/m0/s1. The van der Waals surface area contributed by atoms with Crippen LogP contribution in [0.15, 0.2) is 18.5 Å². The second-order valence-corrected chi connectivity index (χ2v) is 4.99. The Kier molecular flexibility index (Phi) is 2.77. The lowest BCUT2D eigenvalue weighted by Crippen LogP contribution is -2.35. The van der Waals surface area contributed by atoms with Gasteiger partial charge in [0.05, 0.1) is 17.9 Å². The van der Waals surface area contributed by atoms with Gasteiger partial charge in [-0.25, -0.2) is 4.68 Å². The molecule has 0 unspecified atom stereocenters. The van der Waals surface area contributed by atoms with Crippen molar-refractivity contribution >= 4 is 5.82 Å². The lowest BCUT2D eigenvalue weighted by atomic mass is 9.97. The first-order valence-electron chi connectivity index (χ1n) is 6.23. The monoisotopic (exact) mass is 285 g/mol. The topological polar surface area (TPSA) is 47.7 Å². The number of alkyl halides is 3. The Labute approximate surface area is 113 Å². The van der Waals surface area contributed by atoms with Crippen LogP contribution in [-0.2, 0) is 7.05 Å². The Morgan fingerprint density at radius 3 is 2.75 bits per heavy atom. The van der Waals surface area contributed by atoms with E-state index in [0.29, 0.717) is 5.82 Å². The summed E-state index contributed by atoms with van der Waals surface area (Å²) in [5.41, 5.74) is 1.52. The van der Waals surface area contributed by atoms with E-state index in [4.69, 9.17) is 0 Å². The van der Waals surface area contributed by atoms with E-state index in [9.17, 15) is 13.2 Å². The minimum atomic E-state index is -4.32. The van der Waals surface area contributed by atoms with E-state index < -0.39 is 18.3 Å². The van der Waals surface area contributed by atoms with Crippen molar-refractivity contribution in [1.29, 1.82) is 0 Å². The first-order valence-corrected chi connectivity index (χ1v) is 6.23. The Morgan fingerprint density at radius 2 is 2.15 bits per heavy atom. The van der Waals surface area contributed by atoms with Crippen molar-refractivity contribution in [2.75, 3.05) is 5.32 Å². The number of aryl methyl sites for hydroxylation is 2. The number of nitrogens with one attached hydrogen (secondary N) is 1. The van der Waals surface area contributed by atoms with Gasteiger partial charge in [-0.2, -0.15) is 23.4 Å². The molecule has 8 heteroatoms. The molecule has 1 N–H and O–H groups in total. The molecule has 2 atom stereocenters. The molecule has 5 nitrogen and oxygen atoms in total. The number of rotatable bonds is 1. The van der Waals surface area contributed by atoms with Gasteiger partial charge in [-0.05, 0) is 6.92 Å². The average Bonchev–Trinajstić information content (AvgIpc) is 2.92. The predicted octanol–water partition coefficient (Wildman–Crippen LogP) is 2.59. The average molecular weight is 285 g/mol. The molecule has 2 aromatic heterocycles. The molecule has 2 aromatic rings. The lowest BCUT2D eigenvalue weighted by molar-refractivity contribution is -0.173. The molecule has 20 heavy (non-hydrogen) atoms. The molecule has 108 valence electrons. The number of fused-ring (bicyclic) bond motifs is 1. The van der Waals surface area contributed by atoms with E-state index in [1.54, 1.807) is 30.9 Å². The first kappa shape index (κ1) is 13.0. The van der Waals surface area contributed by atoms with Crippen LogP contribution in [-0.4, -0.2) is 25.7 Å². The molecule has 0 spiro atoms. The number of nitrogens with zero attached hydrogens (tertiary/aromatic N) is 4. The molecule has 3 heterocycles. The summed E-state index contributed by atoms with van der Waals surface area (Å²) < 4.78 is 42.2. The van der Waals surface area contributed by atoms with E-state index in [-0.39, 0.29) is 6.42 Å². The van der Waals surface area contributed by atoms with Crippen LogP contribution in [0.5, 0.6) is 0 Å². The summed E-state index contributed by atoms with van der Waals surface area (Å²) in [6, 6.07) is -0.478. The SMILES string of the molecule is Cc1nn(C)cc1[C@@H]1C[C@@H](C(F)(F)F)n2nccc2N1. The maximum Gasteiger partial charge on any atom is 0.410 e. The molecular weight excluding hydrogens is 271 g/mol. The van der Waals surface area contributed by atoms with Crippen LogP contribution in [0, 0.1) is 6.92 Å². The van der Waals surface area contributed by atoms with Gasteiger partial charge in [-0.1, -0.05) is 0 Å². The second-order valence-electron chi connectivity index (χ2n) is 4.99. The molecule has 0 aromatic carbocycles. The van der Waals surface area contributed by atoms with Gasteiger partial charge in [0, 0.05) is 31.3 Å². The highest BCUT2D eigenvalue weighted by Gasteiger charge is 2.46. The van der Waals surface area contributed by atoms with Crippen LogP contribution >= 0.6 is 0 Å². The van der Waals surface area contributed by atoms with E-state index in [1.807, 2.05) is 0 Å². The van der Waals surface area contributed by atoms with Crippen LogP contribution in [0.3, 0.4) is 0 Å². The summed E-state index contributed by atoms with van der Waals surface area (Å²) in [7, 11) is 1.75.